The molecular weight excluding hydrogens is 406 g/mol. The Morgan fingerprint density at radius 3 is 1.87 bits per heavy atom. The van der Waals surface area contributed by atoms with Gasteiger partial charge in [-0.3, -0.25) is 10.1 Å². The highest BCUT2D eigenvalue weighted by molar-refractivity contribution is 6.77. The molecule has 0 saturated heterocycles. The lowest BCUT2D eigenvalue weighted by atomic mass is 9.99. The Morgan fingerprint density at radius 2 is 1.39 bits per heavy atom. The third-order valence-electron chi connectivity index (χ3n) is 5.90. The minimum atomic E-state index is -1.89. The normalized spacial score (nSPS) is 12.6. The van der Waals surface area contributed by atoms with Gasteiger partial charge >= 0.3 is 0 Å². The van der Waals surface area contributed by atoms with E-state index in [1.807, 2.05) is 54.6 Å². The average Bonchev–Trinajstić information content (AvgIpc) is 2.72. The topological polar surface area (TPSA) is 61.6 Å². The minimum Gasteiger partial charge on any atom is -0.491 e. The lowest BCUT2D eigenvalue weighted by Crippen LogP contribution is -2.48. The Morgan fingerprint density at radius 1 is 0.871 bits per heavy atom. The van der Waals surface area contributed by atoms with E-state index in [1.165, 1.54) is 0 Å². The molecule has 0 atom stereocenters. The molecule has 0 aromatic heterocycles. The van der Waals surface area contributed by atoms with E-state index in [1.54, 1.807) is 0 Å². The van der Waals surface area contributed by atoms with E-state index >= 15 is 0 Å². The van der Waals surface area contributed by atoms with Crippen molar-refractivity contribution >= 4 is 13.9 Å². The first-order valence-electron chi connectivity index (χ1n) is 11.0. The van der Waals surface area contributed by atoms with Crippen molar-refractivity contribution in [3.8, 4) is 5.75 Å². The van der Waals surface area contributed by atoms with Crippen LogP contribution in [0.5, 0.6) is 5.75 Å². The van der Waals surface area contributed by atoms with Crippen molar-refractivity contribution in [1.82, 2.24) is 0 Å². The van der Waals surface area contributed by atoms with Crippen molar-refractivity contribution in [1.29, 1.82) is 0 Å². The van der Waals surface area contributed by atoms with Gasteiger partial charge in [-0.1, -0.05) is 84.0 Å². The lowest BCUT2D eigenvalue weighted by molar-refractivity contribution is -0.401. The molecule has 6 heteroatoms. The number of hydrogen-bond donors (Lipinski definition) is 0. The van der Waals surface area contributed by atoms with Crippen LogP contribution in [0.3, 0.4) is 0 Å². The van der Waals surface area contributed by atoms with Gasteiger partial charge in [0, 0.05) is 0 Å². The summed E-state index contributed by atoms with van der Waals surface area (Å²) >= 11 is 0. The molecule has 0 aliphatic carbocycles. The van der Waals surface area contributed by atoms with E-state index in [4.69, 9.17) is 9.16 Å². The molecular formula is C25H35NO4Si. The van der Waals surface area contributed by atoms with Gasteiger partial charge in [0.1, 0.15) is 12.4 Å². The van der Waals surface area contributed by atoms with Gasteiger partial charge in [-0.25, -0.2) is 0 Å². The molecule has 31 heavy (non-hydrogen) atoms. The molecule has 0 saturated carbocycles. The van der Waals surface area contributed by atoms with Crippen LogP contribution in [0.4, 0.5) is 0 Å². The van der Waals surface area contributed by atoms with E-state index in [9.17, 15) is 10.1 Å². The van der Waals surface area contributed by atoms with E-state index in [0.717, 1.165) is 23.1 Å². The zero-order chi connectivity index (χ0) is 23.0. The van der Waals surface area contributed by atoms with Gasteiger partial charge in [0.15, 0.2) is 8.32 Å². The van der Waals surface area contributed by atoms with E-state index in [0.29, 0.717) is 35.4 Å². The maximum absolute atomic E-state index is 11.1. The van der Waals surface area contributed by atoms with Crippen molar-refractivity contribution in [3.63, 3.8) is 0 Å². The van der Waals surface area contributed by atoms with Crippen LogP contribution < -0.4 is 4.74 Å². The number of rotatable bonds is 11. The van der Waals surface area contributed by atoms with Crippen molar-refractivity contribution in [2.45, 2.75) is 58.2 Å². The predicted octanol–water partition coefficient (Wildman–Crippen LogP) is 6.92. The van der Waals surface area contributed by atoms with Crippen LogP contribution >= 0.6 is 0 Å². The largest absolute Gasteiger partial charge is 0.491 e. The maximum atomic E-state index is 11.1. The first-order valence-corrected chi connectivity index (χ1v) is 13.1. The lowest BCUT2D eigenvalue weighted by Gasteiger charge is -2.42. The van der Waals surface area contributed by atoms with Crippen LogP contribution in [0, 0.1) is 10.1 Å². The summed E-state index contributed by atoms with van der Waals surface area (Å²) in [5, 5.41) is 11.1. The van der Waals surface area contributed by atoms with E-state index in [2.05, 4.69) is 41.5 Å². The van der Waals surface area contributed by atoms with Gasteiger partial charge in [-0.15, -0.1) is 0 Å². The van der Waals surface area contributed by atoms with Gasteiger partial charge in [0.25, 0.3) is 0 Å². The van der Waals surface area contributed by atoms with E-state index < -0.39 is 13.2 Å². The minimum absolute atomic E-state index is 0.418. The van der Waals surface area contributed by atoms with Crippen molar-refractivity contribution < 1.29 is 14.1 Å². The second-order valence-corrected chi connectivity index (χ2v) is 14.2. The van der Waals surface area contributed by atoms with Crippen molar-refractivity contribution in [2.24, 2.45) is 0 Å². The smallest absolute Gasteiger partial charge is 0.242 e. The van der Waals surface area contributed by atoms with E-state index in [-0.39, 0.29) is 0 Å². The molecule has 2 aromatic rings. The Kier molecular flexibility index (Phi) is 9.01. The number of benzene rings is 2. The summed E-state index contributed by atoms with van der Waals surface area (Å²) in [7, 11) is -1.89. The van der Waals surface area contributed by atoms with Crippen molar-refractivity contribution in [3.05, 3.63) is 82.0 Å². The van der Waals surface area contributed by atoms with Crippen LogP contribution in [0.15, 0.2) is 60.8 Å². The van der Waals surface area contributed by atoms with Gasteiger partial charge < -0.3 is 9.16 Å². The maximum Gasteiger partial charge on any atom is 0.242 e. The van der Waals surface area contributed by atoms with Crippen molar-refractivity contribution in [2.75, 3.05) is 13.2 Å². The van der Waals surface area contributed by atoms with Crippen LogP contribution in [0.2, 0.25) is 16.6 Å². The molecule has 2 aromatic carbocycles. The standard InChI is InChI=1S/C25H35NO4Si/c1-19(2)31(20(3)4,21(5)6)30-17-16-29-24-14-12-23(13-15-24)25(18-26(27)28)22-10-8-7-9-11-22/h7-15,18-21H,16-17H2,1-6H3/b25-18-. The fraction of sp³-hybridized carbons (Fsp3) is 0.440. The molecule has 0 spiro atoms. The molecule has 0 aliphatic rings. The fourth-order valence-corrected chi connectivity index (χ4v) is 10.1. The molecule has 5 nitrogen and oxygen atoms in total. The Bertz CT molecular complexity index is 839. The van der Waals surface area contributed by atoms with Crippen LogP contribution in [0.1, 0.15) is 52.7 Å². The average molecular weight is 442 g/mol. The van der Waals surface area contributed by atoms with Gasteiger partial charge in [-0.05, 0) is 39.9 Å². The number of hydrogen-bond acceptors (Lipinski definition) is 4. The van der Waals surface area contributed by atoms with Gasteiger partial charge in [0.05, 0.1) is 17.1 Å². The highest BCUT2D eigenvalue weighted by Gasteiger charge is 2.44. The van der Waals surface area contributed by atoms with Crippen LogP contribution in [-0.2, 0) is 4.43 Å². The highest BCUT2D eigenvalue weighted by Crippen LogP contribution is 2.42. The summed E-state index contributed by atoms with van der Waals surface area (Å²) in [6.45, 7) is 14.7. The molecule has 0 N–H and O–H groups in total. The number of ether oxygens (including phenoxy) is 1. The van der Waals surface area contributed by atoms with Crippen LogP contribution in [-0.4, -0.2) is 26.5 Å². The summed E-state index contributed by atoms with van der Waals surface area (Å²) in [6, 6.07) is 16.8. The Hall–Kier alpha value is -2.44. The van der Waals surface area contributed by atoms with Crippen LogP contribution in [0.25, 0.3) is 5.57 Å². The molecule has 0 aliphatic heterocycles. The molecule has 0 unspecified atom stereocenters. The Labute approximate surface area is 187 Å². The second kappa shape index (κ2) is 11.3. The zero-order valence-corrected chi connectivity index (χ0v) is 20.5. The monoisotopic (exact) mass is 441 g/mol. The van der Waals surface area contributed by atoms with Gasteiger partial charge in [0.2, 0.25) is 6.20 Å². The zero-order valence-electron chi connectivity index (χ0n) is 19.5. The number of nitrogens with zero attached hydrogens (tertiary/aromatic N) is 1. The molecule has 0 heterocycles. The first-order chi connectivity index (χ1) is 14.7. The molecule has 2 rings (SSSR count). The SMILES string of the molecule is CC(C)[Si](OCCOc1ccc(/C(=C\[N+](=O)[O-])c2ccccc2)cc1)(C(C)C)C(C)C. The summed E-state index contributed by atoms with van der Waals surface area (Å²) < 4.78 is 12.4. The summed E-state index contributed by atoms with van der Waals surface area (Å²) in [4.78, 5) is 10.7. The third-order valence-corrected chi connectivity index (χ3v) is 12.0. The molecule has 168 valence electrons. The second-order valence-electron chi connectivity index (χ2n) is 8.73. The molecule has 0 fully saturated rings. The van der Waals surface area contributed by atoms with Gasteiger partial charge in [-0.2, -0.15) is 0 Å². The quantitative estimate of drug-likeness (QED) is 0.164. The predicted molar refractivity (Wildman–Crippen MR) is 129 cm³/mol. The fourth-order valence-electron chi connectivity index (χ4n) is 4.65. The highest BCUT2D eigenvalue weighted by atomic mass is 28.4. The summed E-state index contributed by atoms with van der Waals surface area (Å²) in [6.07, 6.45) is 1.05. The molecule has 0 radical (unpaired) electrons. The molecule has 0 bridgehead atoms. The molecule has 0 amide bonds. The number of nitro groups is 1. The summed E-state index contributed by atoms with van der Waals surface area (Å²) in [5.41, 5.74) is 3.77. The summed E-state index contributed by atoms with van der Waals surface area (Å²) in [5.74, 6) is 0.728. The first kappa shape index (κ1) is 24.8. The Balaban J connectivity index is 2.05. The third kappa shape index (κ3) is 6.28.